The Morgan fingerprint density at radius 3 is 2.55 bits per heavy atom. The molecule has 5 heteroatoms. The number of hydrogen-bond donors (Lipinski definition) is 2. The highest BCUT2D eigenvalue weighted by atomic mass is 16.5. The second-order valence-corrected chi connectivity index (χ2v) is 4.76. The minimum Gasteiger partial charge on any atom is -0.490 e. The first-order valence-electron chi connectivity index (χ1n) is 6.59. The highest BCUT2D eigenvalue weighted by molar-refractivity contribution is 5.69. The van der Waals surface area contributed by atoms with E-state index in [1.165, 1.54) is 11.9 Å². The molecule has 0 saturated carbocycles. The van der Waals surface area contributed by atoms with Crippen LogP contribution >= 0.6 is 0 Å². The number of nitrogens with zero attached hydrogens (tertiary/aromatic N) is 2. The molecule has 1 heterocycles. The second kappa shape index (κ2) is 6.23. The molecule has 0 radical (unpaired) electrons. The van der Waals surface area contributed by atoms with E-state index in [1.54, 1.807) is 14.2 Å². The third-order valence-electron chi connectivity index (χ3n) is 3.06. The molecule has 0 aliphatic carbocycles. The van der Waals surface area contributed by atoms with Crippen LogP contribution in [0, 0.1) is 0 Å². The molecule has 0 bridgehead atoms. The highest BCUT2D eigenvalue weighted by Gasteiger charge is 2.11. The van der Waals surface area contributed by atoms with Gasteiger partial charge in [-0.3, -0.25) is 0 Å². The standard InChI is InChI=1S/C15H20N4O/c1-10(2)11-6-5-7-12(8-11)19-15-13(20-4)14(16-3)17-9-18-15/h5-10H,1-4H3,(H2,16,17,18,19). The SMILES string of the molecule is CNc1ncnc(Nc2cccc(C(C)C)c2)c1OC. The van der Waals surface area contributed by atoms with Crippen LogP contribution in [-0.2, 0) is 0 Å². The van der Waals surface area contributed by atoms with Crippen LogP contribution in [0.25, 0.3) is 0 Å². The molecular formula is C15H20N4O. The molecule has 0 aliphatic heterocycles. The van der Waals surface area contributed by atoms with Crippen molar-refractivity contribution in [3.05, 3.63) is 36.2 Å². The van der Waals surface area contributed by atoms with Gasteiger partial charge >= 0.3 is 0 Å². The Kier molecular flexibility index (Phi) is 4.40. The van der Waals surface area contributed by atoms with E-state index < -0.39 is 0 Å². The van der Waals surface area contributed by atoms with Crippen molar-refractivity contribution in [1.82, 2.24) is 9.97 Å². The fourth-order valence-corrected chi connectivity index (χ4v) is 1.95. The molecule has 2 N–H and O–H groups in total. The number of rotatable bonds is 5. The van der Waals surface area contributed by atoms with E-state index in [2.05, 4.69) is 46.6 Å². The van der Waals surface area contributed by atoms with Gasteiger partial charge in [-0.15, -0.1) is 0 Å². The summed E-state index contributed by atoms with van der Waals surface area (Å²) >= 11 is 0. The molecule has 5 nitrogen and oxygen atoms in total. The van der Waals surface area contributed by atoms with Crippen molar-refractivity contribution < 1.29 is 4.74 Å². The van der Waals surface area contributed by atoms with Crippen LogP contribution in [0.2, 0.25) is 0 Å². The van der Waals surface area contributed by atoms with Crippen LogP contribution in [0.4, 0.5) is 17.3 Å². The largest absolute Gasteiger partial charge is 0.490 e. The molecule has 1 aromatic heterocycles. The topological polar surface area (TPSA) is 59.1 Å². The molecule has 0 unspecified atom stereocenters. The first-order valence-corrected chi connectivity index (χ1v) is 6.59. The molecule has 0 saturated heterocycles. The van der Waals surface area contributed by atoms with Gasteiger partial charge in [-0.05, 0) is 23.6 Å². The Bertz CT molecular complexity index is 584. The molecule has 0 fully saturated rings. The van der Waals surface area contributed by atoms with E-state index in [-0.39, 0.29) is 0 Å². The fraction of sp³-hybridized carbons (Fsp3) is 0.333. The van der Waals surface area contributed by atoms with E-state index in [9.17, 15) is 0 Å². The van der Waals surface area contributed by atoms with Crippen molar-refractivity contribution in [1.29, 1.82) is 0 Å². The van der Waals surface area contributed by atoms with Gasteiger partial charge in [-0.1, -0.05) is 26.0 Å². The molecule has 20 heavy (non-hydrogen) atoms. The normalized spacial score (nSPS) is 10.4. The predicted molar refractivity (Wildman–Crippen MR) is 81.9 cm³/mol. The number of anilines is 3. The van der Waals surface area contributed by atoms with Crippen LogP contribution in [0.1, 0.15) is 25.3 Å². The minimum absolute atomic E-state index is 0.483. The molecule has 2 rings (SSSR count). The van der Waals surface area contributed by atoms with Gasteiger partial charge in [0, 0.05) is 12.7 Å². The molecule has 0 spiro atoms. The maximum absolute atomic E-state index is 5.37. The maximum atomic E-state index is 5.37. The fourth-order valence-electron chi connectivity index (χ4n) is 1.95. The third kappa shape index (κ3) is 2.99. The van der Waals surface area contributed by atoms with Crippen molar-refractivity contribution in [2.75, 3.05) is 24.8 Å². The van der Waals surface area contributed by atoms with Gasteiger partial charge in [0.2, 0.25) is 5.75 Å². The number of benzene rings is 1. The second-order valence-electron chi connectivity index (χ2n) is 4.76. The predicted octanol–water partition coefficient (Wildman–Crippen LogP) is 3.39. The van der Waals surface area contributed by atoms with Crippen molar-refractivity contribution in [2.24, 2.45) is 0 Å². The van der Waals surface area contributed by atoms with Gasteiger partial charge in [0.1, 0.15) is 6.33 Å². The number of methoxy groups -OCH3 is 1. The van der Waals surface area contributed by atoms with Crippen molar-refractivity contribution in [3.63, 3.8) is 0 Å². The van der Waals surface area contributed by atoms with E-state index in [0.29, 0.717) is 23.3 Å². The van der Waals surface area contributed by atoms with Gasteiger partial charge < -0.3 is 15.4 Å². The van der Waals surface area contributed by atoms with Crippen LogP contribution in [0.3, 0.4) is 0 Å². The van der Waals surface area contributed by atoms with Crippen LogP contribution in [0.5, 0.6) is 5.75 Å². The summed E-state index contributed by atoms with van der Waals surface area (Å²) in [6.45, 7) is 4.34. The summed E-state index contributed by atoms with van der Waals surface area (Å²) in [7, 11) is 3.41. The average Bonchev–Trinajstić information content (AvgIpc) is 2.47. The Hall–Kier alpha value is -2.30. The number of nitrogens with one attached hydrogen (secondary N) is 2. The quantitative estimate of drug-likeness (QED) is 0.873. The summed E-state index contributed by atoms with van der Waals surface area (Å²) in [6, 6.07) is 8.27. The van der Waals surface area contributed by atoms with Gasteiger partial charge in [0.05, 0.1) is 7.11 Å². The highest BCUT2D eigenvalue weighted by Crippen LogP contribution is 2.31. The number of ether oxygens (including phenoxy) is 1. The van der Waals surface area contributed by atoms with Crippen LogP contribution in [-0.4, -0.2) is 24.1 Å². The third-order valence-corrected chi connectivity index (χ3v) is 3.06. The van der Waals surface area contributed by atoms with E-state index >= 15 is 0 Å². The van der Waals surface area contributed by atoms with Gasteiger partial charge in [0.15, 0.2) is 11.6 Å². The number of aromatic nitrogens is 2. The van der Waals surface area contributed by atoms with Gasteiger partial charge in [-0.25, -0.2) is 9.97 Å². The first kappa shape index (κ1) is 14.1. The molecular weight excluding hydrogens is 252 g/mol. The Labute approximate surface area is 119 Å². The molecule has 0 amide bonds. The van der Waals surface area contributed by atoms with Crippen molar-refractivity contribution in [2.45, 2.75) is 19.8 Å². The lowest BCUT2D eigenvalue weighted by molar-refractivity contribution is 0.415. The van der Waals surface area contributed by atoms with E-state index in [0.717, 1.165) is 5.69 Å². The zero-order valence-corrected chi connectivity index (χ0v) is 12.3. The molecule has 1 aromatic carbocycles. The van der Waals surface area contributed by atoms with Crippen LogP contribution in [0.15, 0.2) is 30.6 Å². The molecule has 106 valence electrons. The Balaban J connectivity index is 2.32. The summed E-state index contributed by atoms with van der Waals surface area (Å²) in [5.74, 6) is 2.39. The summed E-state index contributed by atoms with van der Waals surface area (Å²) in [5.41, 5.74) is 2.26. The van der Waals surface area contributed by atoms with Crippen molar-refractivity contribution >= 4 is 17.3 Å². The minimum atomic E-state index is 0.483. The molecule has 0 atom stereocenters. The monoisotopic (exact) mass is 272 g/mol. The zero-order valence-electron chi connectivity index (χ0n) is 12.3. The zero-order chi connectivity index (χ0) is 14.5. The van der Waals surface area contributed by atoms with E-state index in [1.807, 2.05) is 12.1 Å². The Morgan fingerprint density at radius 2 is 1.90 bits per heavy atom. The van der Waals surface area contributed by atoms with Crippen molar-refractivity contribution in [3.8, 4) is 5.75 Å². The summed E-state index contributed by atoms with van der Waals surface area (Å²) < 4.78 is 5.37. The average molecular weight is 272 g/mol. The number of hydrogen-bond acceptors (Lipinski definition) is 5. The lowest BCUT2D eigenvalue weighted by Crippen LogP contribution is -2.03. The smallest absolute Gasteiger partial charge is 0.204 e. The summed E-state index contributed by atoms with van der Waals surface area (Å²) in [6.07, 6.45) is 1.50. The summed E-state index contributed by atoms with van der Waals surface area (Å²) in [5, 5.41) is 6.26. The van der Waals surface area contributed by atoms with Gasteiger partial charge in [-0.2, -0.15) is 0 Å². The lowest BCUT2D eigenvalue weighted by atomic mass is 10.0. The maximum Gasteiger partial charge on any atom is 0.204 e. The lowest BCUT2D eigenvalue weighted by Gasteiger charge is -2.14. The van der Waals surface area contributed by atoms with Gasteiger partial charge in [0.25, 0.3) is 0 Å². The first-order chi connectivity index (χ1) is 9.65. The summed E-state index contributed by atoms with van der Waals surface area (Å²) in [4.78, 5) is 8.37. The Morgan fingerprint density at radius 1 is 1.15 bits per heavy atom. The van der Waals surface area contributed by atoms with Crippen LogP contribution < -0.4 is 15.4 Å². The molecule has 2 aromatic rings. The molecule has 0 aliphatic rings. The van der Waals surface area contributed by atoms with E-state index in [4.69, 9.17) is 4.74 Å².